The summed E-state index contributed by atoms with van der Waals surface area (Å²) in [6, 6.07) is 8.39. The van der Waals surface area contributed by atoms with Crippen molar-refractivity contribution in [1.29, 1.82) is 0 Å². The molecule has 0 bridgehead atoms. The lowest BCUT2D eigenvalue weighted by molar-refractivity contribution is -0.117. The Balaban J connectivity index is 2.04. The molecule has 0 aliphatic rings. The van der Waals surface area contributed by atoms with Crippen LogP contribution in [0.25, 0.3) is 0 Å². The van der Waals surface area contributed by atoms with Crippen molar-refractivity contribution < 1.29 is 14.1 Å². The number of hydrogen-bond acceptors (Lipinski definition) is 4. The maximum Gasteiger partial charge on any atom is 0.255 e. The second-order valence-electron chi connectivity index (χ2n) is 5.70. The molecule has 6 nitrogen and oxygen atoms in total. The van der Waals surface area contributed by atoms with Crippen molar-refractivity contribution in [3.63, 3.8) is 0 Å². The zero-order valence-electron chi connectivity index (χ0n) is 14.2. The van der Waals surface area contributed by atoms with Gasteiger partial charge in [0.1, 0.15) is 12.8 Å². The molecule has 0 spiro atoms. The van der Waals surface area contributed by atoms with Gasteiger partial charge in [-0.05, 0) is 18.6 Å². The Labute approximate surface area is 152 Å². The molecule has 0 aliphatic carbocycles. The summed E-state index contributed by atoms with van der Waals surface area (Å²) in [4.78, 5) is 26.5. The van der Waals surface area contributed by atoms with Crippen LogP contribution in [0.4, 0.5) is 5.82 Å². The molecule has 0 atom stereocenters. The number of carbonyl (C=O) groups is 2. The van der Waals surface area contributed by atoms with Gasteiger partial charge in [-0.1, -0.05) is 55.1 Å². The van der Waals surface area contributed by atoms with Crippen LogP contribution in [0.3, 0.4) is 0 Å². The molecule has 0 unspecified atom stereocenters. The number of nitrogens with zero attached hydrogens (tertiary/aromatic N) is 2. The van der Waals surface area contributed by atoms with Crippen molar-refractivity contribution in [1.82, 2.24) is 10.1 Å². The van der Waals surface area contributed by atoms with E-state index in [1.54, 1.807) is 30.3 Å². The highest BCUT2D eigenvalue weighted by molar-refractivity contribution is 6.33. The molecular formula is C18H22ClN3O3. The van der Waals surface area contributed by atoms with Crippen LogP contribution in [0.1, 0.15) is 43.0 Å². The highest BCUT2D eigenvalue weighted by atomic mass is 35.5. The summed E-state index contributed by atoms with van der Waals surface area (Å²) in [7, 11) is 0. The van der Waals surface area contributed by atoms with E-state index in [2.05, 4.69) is 21.9 Å². The first-order chi connectivity index (χ1) is 12.1. The number of amides is 2. The molecule has 1 aromatic carbocycles. The molecule has 2 amide bonds. The first-order valence-electron chi connectivity index (χ1n) is 8.36. The molecule has 1 N–H and O–H groups in total. The number of aromatic nitrogens is 1. The van der Waals surface area contributed by atoms with Crippen LogP contribution in [0.15, 0.2) is 41.1 Å². The first-order valence-corrected chi connectivity index (χ1v) is 8.73. The SMILES string of the molecule is CCCCCCN(CC(=O)Nc1ccon1)C(=O)c1ccccc1Cl. The zero-order valence-corrected chi connectivity index (χ0v) is 15.0. The van der Waals surface area contributed by atoms with E-state index >= 15 is 0 Å². The summed E-state index contributed by atoms with van der Waals surface area (Å²) in [5, 5.41) is 6.62. The molecule has 0 radical (unpaired) electrons. The molecule has 0 saturated heterocycles. The van der Waals surface area contributed by atoms with Crippen molar-refractivity contribution in [3.05, 3.63) is 47.2 Å². The van der Waals surface area contributed by atoms with Crippen LogP contribution < -0.4 is 5.32 Å². The van der Waals surface area contributed by atoms with Gasteiger partial charge in [0, 0.05) is 12.6 Å². The molecule has 1 heterocycles. The first kappa shape index (κ1) is 19.0. The van der Waals surface area contributed by atoms with Gasteiger partial charge in [-0.2, -0.15) is 0 Å². The van der Waals surface area contributed by atoms with E-state index < -0.39 is 0 Å². The molecule has 134 valence electrons. The molecule has 7 heteroatoms. The van der Waals surface area contributed by atoms with Gasteiger partial charge in [-0.15, -0.1) is 0 Å². The average molecular weight is 364 g/mol. The maximum atomic E-state index is 12.8. The Hall–Kier alpha value is -2.34. The molecule has 0 saturated carbocycles. The fourth-order valence-electron chi connectivity index (χ4n) is 2.42. The summed E-state index contributed by atoms with van der Waals surface area (Å²) in [6.07, 6.45) is 5.41. The van der Waals surface area contributed by atoms with Gasteiger partial charge in [-0.3, -0.25) is 9.59 Å². The number of rotatable bonds is 9. The van der Waals surface area contributed by atoms with Crippen LogP contribution in [0.2, 0.25) is 5.02 Å². The predicted octanol–water partition coefficient (Wildman–Crippen LogP) is 3.99. The minimum Gasteiger partial charge on any atom is -0.363 e. The van der Waals surface area contributed by atoms with Crippen LogP contribution in [-0.4, -0.2) is 35.0 Å². The van der Waals surface area contributed by atoms with Crippen molar-refractivity contribution in [3.8, 4) is 0 Å². The molecule has 25 heavy (non-hydrogen) atoms. The normalized spacial score (nSPS) is 10.5. The van der Waals surface area contributed by atoms with Crippen molar-refractivity contribution in [2.75, 3.05) is 18.4 Å². The van der Waals surface area contributed by atoms with Gasteiger partial charge in [0.05, 0.1) is 10.6 Å². The Morgan fingerprint density at radius 1 is 1.20 bits per heavy atom. The van der Waals surface area contributed by atoms with Gasteiger partial charge in [-0.25, -0.2) is 0 Å². The fraction of sp³-hybridized carbons (Fsp3) is 0.389. The van der Waals surface area contributed by atoms with Crippen LogP contribution in [0, 0.1) is 0 Å². The Bertz CT molecular complexity index is 689. The van der Waals surface area contributed by atoms with E-state index in [-0.39, 0.29) is 18.4 Å². The third-order valence-corrected chi connectivity index (χ3v) is 4.04. The highest BCUT2D eigenvalue weighted by Gasteiger charge is 2.20. The summed E-state index contributed by atoms with van der Waals surface area (Å²) in [6.45, 7) is 2.55. The molecule has 1 aromatic heterocycles. The van der Waals surface area contributed by atoms with Crippen LogP contribution in [-0.2, 0) is 4.79 Å². The summed E-state index contributed by atoms with van der Waals surface area (Å²) in [5.41, 5.74) is 0.397. The minimum atomic E-state index is -0.329. The Morgan fingerprint density at radius 3 is 2.68 bits per heavy atom. The summed E-state index contributed by atoms with van der Waals surface area (Å²) < 4.78 is 4.68. The largest absolute Gasteiger partial charge is 0.363 e. The quantitative estimate of drug-likeness (QED) is 0.683. The number of benzene rings is 1. The molecular weight excluding hydrogens is 342 g/mol. The third kappa shape index (κ3) is 5.90. The van der Waals surface area contributed by atoms with Crippen molar-refractivity contribution in [2.24, 2.45) is 0 Å². The molecule has 0 aliphatic heterocycles. The lowest BCUT2D eigenvalue weighted by atomic mass is 10.1. The van der Waals surface area contributed by atoms with E-state index in [9.17, 15) is 9.59 Å². The lowest BCUT2D eigenvalue weighted by Gasteiger charge is -2.22. The third-order valence-electron chi connectivity index (χ3n) is 3.71. The van der Waals surface area contributed by atoms with E-state index in [1.165, 1.54) is 11.2 Å². The van der Waals surface area contributed by atoms with E-state index in [0.29, 0.717) is 22.9 Å². The van der Waals surface area contributed by atoms with Gasteiger partial charge in [0.15, 0.2) is 5.82 Å². The zero-order chi connectivity index (χ0) is 18.1. The fourth-order valence-corrected chi connectivity index (χ4v) is 2.64. The van der Waals surface area contributed by atoms with Crippen molar-refractivity contribution >= 4 is 29.2 Å². The van der Waals surface area contributed by atoms with Gasteiger partial charge in [0.2, 0.25) is 5.91 Å². The van der Waals surface area contributed by atoms with Gasteiger partial charge >= 0.3 is 0 Å². The van der Waals surface area contributed by atoms with Gasteiger partial charge in [0.25, 0.3) is 5.91 Å². The monoisotopic (exact) mass is 363 g/mol. The van der Waals surface area contributed by atoms with E-state index in [1.807, 2.05) is 0 Å². The smallest absolute Gasteiger partial charge is 0.255 e. The van der Waals surface area contributed by atoms with Crippen LogP contribution >= 0.6 is 11.6 Å². The Kier molecular flexibility index (Phi) is 7.47. The average Bonchev–Trinajstić information content (AvgIpc) is 3.10. The number of halogens is 1. The summed E-state index contributed by atoms with van der Waals surface area (Å²) >= 11 is 6.13. The number of anilines is 1. The minimum absolute atomic E-state index is 0.0664. The van der Waals surface area contributed by atoms with E-state index in [4.69, 9.17) is 11.6 Å². The number of carbonyl (C=O) groups excluding carboxylic acids is 2. The number of unbranched alkanes of at least 4 members (excludes halogenated alkanes) is 3. The Morgan fingerprint density at radius 2 is 2.00 bits per heavy atom. The molecule has 2 rings (SSSR count). The lowest BCUT2D eigenvalue weighted by Crippen LogP contribution is -2.38. The topological polar surface area (TPSA) is 75.4 Å². The number of hydrogen-bond donors (Lipinski definition) is 1. The number of nitrogens with one attached hydrogen (secondary N) is 1. The molecule has 2 aromatic rings. The standard InChI is InChI=1S/C18H22ClN3O3/c1-2-3-4-7-11-22(13-17(23)20-16-10-12-25-21-16)18(24)14-8-5-6-9-15(14)19/h5-6,8-10,12H,2-4,7,11,13H2,1H3,(H,20,21,23). The summed E-state index contributed by atoms with van der Waals surface area (Å²) in [5.74, 6) is -0.261. The van der Waals surface area contributed by atoms with Gasteiger partial charge < -0.3 is 14.7 Å². The van der Waals surface area contributed by atoms with Crippen molar-refractivity contribution in [2.45, 2.75) is 32.6 Å². The second kappa shape index (κ2) is 9.84. The maximum absolute atomic E-state index is 12.8. The second-order valence-corrected chi connectivity index (χ2v) is 6.11. The highest BCUT2D eigenvalue weighted by Crippen LogP contribution is 2.18. The van der Waals surface area contributed by atoms with E-state index in [0.717, 1.165) is 25.7 Å². The van der Waals surface area contributed by atoms with Crippen LogP contribution in [0.5, 0.6) is 0 Å². The predicted molar refractivity (Wildman–Crippen MR) is 96.6 cm³/mol. The molecule has 0 fully saturated rings.